The van der Waals surface area contributed by atoms with E-state index in [4.69, 9.17) is 5.73 Å². The molecule has 6 heteroatoms. The Bertz CT molecular complexity index is 601. The minimum absolute atomic E-state index is 0.0364. The van der Waals surface area contributed by atoms with E-state index in [-0.39, 0.29) is 16.6 Å². The van der Waals surface area contributed by atoms with E-state index in [0.717, 1.165) is 6.42 Å². The van der Waals surface area contributed by atoms with Gasteiger partial charge in [0.15, 0.2) is 0 Å². The van der Waals surface area contributed by atoms with Gasteiger partial charge in [0.1, 0.15) is 5.82 Å². The van der Waals surface area contributed by atoms with Crippen molar-refractivity contribution in [2.75, 3.05) is 12.3 Å². The standard InChI is InChI=1S/C13H19FN2O2S/c1-8-4-10(3)16(7-8)19(17,18)13-6-12(15)11(14)5-9(13)2/h5-6,8,10H,4,7,15H2,1-3H3. The van der Waals surface area contributed by atoms with Crippen molar-refractivity contribution in [3.8, 4) is 0 Å². The molecule has 2 unspecified atom stereocenters. The lowest BCUT2D eigenvalue weighted by molar-refractivity contribution is 0.405. The summed E-state index contributed by atoms with van der Waals surface area (Å²) in [5.41, 5.74) is 5.74. The zero-order valence-electron chi connectivity index (χ0n) is 11.4. The molecule has 4 nitrogen and oxygen atoms in total. The summed E-state index contributed by atoms with van der Waals surface area (Å²) in [7, 11) is -3.60. The molecule has 1 aliphatic heterocycles. The number of anilines is 1. The lowest BCUT2D eigenvalue weighted by Crippen LogP contribution is -2.34. The average molecular weight is 286 g/mol. The molecule has 1 aromatic carbocycles. The van der Waals surface area contributed by atoms with Crippen LogP contribution >= 0.6 is 0 Å². The van der Waals surface area contributed by atoms with E-state index in [1.54, 1.807) is 6.92 Å². The Labute approximate surface area is 113 Å². The van der Waals surface area contributed by atoms with E-state index < -0.39 is 15.8 Å². The van der Waals surface area contributed by atoms with Crippen LogP contribution in [-0.2, 0) is 10.0 Å². The van der Waals surface area contributed by atoms with Gasteiger partial charge < -0.3 is 5.73 Å². The zero-order chi connectivity index (χ0) is 14.4. The van der Waals surface area contributed by atoms with Gasteiger partial charge in [0.2, 0.25) is 10.0 Å². The van der Waals surface area contributed by atoms with E-state index in [1.165, 1.54) is 16.4 Å². The number of aryl methyl sites for hydroxylation is 1. The maximum Gasteiger partial charge on any atom is 0.243 e. The van der Waals surface area contributed by atoms with Crippen molar-refractivity contribution in [1.82, 2.24) is 4.31 Å². The number of halogens is 1. The highest BCUT2D eigenvalue weighted by Gasteiger charge is 2.36. The van der Waals surface area contributed by atoms with E-state index in [1.807, 2.05) is 13.8 Å². The first kappa shape index (κ1) is 14.3. The van der Waals surface area contributed by atoms with Gasteiger partial charge >= 0.3 is 0 Å². The first-order valence-corrected chi connectivity index (χ1v) is 7.75. The molecule has 1 saturated heterocycles. The van der Waals surface area contributed by atoms with E-state index in [0.29, 0.717) is 18.0 Å². The lowest BCUT2D eigenvalue weighted by atomic mass is 10.1. The molecule has 19 heavy (non-hydrogen) atoms. The van der Waals surface area contributed by atoms with Crippen molar-refractivity contribution in [3.05, 3.63) is 23.5 Å². The third kappa shape index (κ3) is 2.47. The summed E-state index contributed by atoms with van der Waals surface area (Å²) in [5.74, 6) is -0.248. The third-order valence-electron chi connectivity index (χ3n) is 3.61. The summed E-state index contributed by atoms with van der Waals surface area (Å²) in [4.78, 5) is 0.104. The van der Waals surface area contributed by atoms with Gasteiger partial charge in [0.05, 0.1) is 10.6 Å². The summed E-state index contributed by atoms with van der Waals surface area (Å²) in [5, 5.41) is 0. The molecule has 0 bridgehead atoms. The van der Waals surface area contributed by atoms with Gasteiger partial charge in [-0.2, -0.15) is 4.31 Å². The Morgan fingerprint density at radius 3 is 2.53 bits per heavy atom. The fourth-order valence-corrected chi connectivity index (χ4v) is 4.67. The Balaban J connectivity index is 2.49. The first-order valence-electron chi connectivity index (χ1n) is 6.31. The Kier molecular flexibility index (Phi) is 3.57. The van der Waals surface area contributed by atoms with Gasteiger partial charge in [0.25, 0.3) is 0 Å². The number of hydrogen-bond donors (Lipinski definition) is 1. The fourth-order valence-electron chi connectivity index (χ4n) is 2.67. The molecule has 0 saturated carbocycles. The van der Waals surface area contributed by atoms with Gasteiger partial charge in [-0.15, -0.1) is 0 Å². The summed E-state index contributed by atoms with van der Waals surface area (Å²) >= 11 is 0. The predicted molar refractivity (Wildman–Crippen MR) is 72.7 cm³/mol. The van der Waals surface area contributed by atoms with Gasteiger partial charge in [-0.05, 0) is 43.9 Å². The van der Waals surface area contributed by atoms with Crippen molar-refractivity contribution >= 4 is 15.7 Å². The molecule has 2 N–H and O–H groups in total. The molecule has 0 aromatic heterocycles. The molecular formula is C13H19FN2O2S. The Morgan fingerprint density at radius 1 is 1.37 bits per heavy atom. The van der Waals surface area contributed by atoms with Gasteiger partial charge in [-0.1, -0.05) is 6.92 Å². The van der Waals surface area contributed by atoms with Crippen LogP contribution in [0.15, 0.2) is 17.0 Å². The number of nitrogen functional groups attached to an aromatic ring is 1. The molecule has 106 valence electrons. The van der Waals surface area contributed by atoms with Crippen LogP contribution in [0.1, 0.15) is 25.8 Å². The largest absolute Gasteiger partial charge is 0.396 e. The third-order valence-corrected chi connectivity index (χ3v) is 5.73. The minimum atomic E-state index is -3.60. The van der Waals surface area contributed by atoms with Crippen LogP contribution in [0, 0.1) is 18.7 Å². The SMILES string of the molecule is Cc1cc(F)c(N)cc1S(=O)(=O)N1CC(C)CC1C. The van der Waals surface area contributed by atoms with Crippen molar-refractivity contribution in [3.63, 3.8) is 0 Å². The number of sulfonamides is 1. The van der Waals surface area contributed by atoms with Crippen molar-refractivity contribution in [2.45, 2.75) is 38.1 Å². The normalized spacial score (nSPS) is 24.8. The zero-order valence-corrected chi connectivity index (χ0v) is 12.2. The Morgan fingerprint density at radius 2 is 2.00 bits per heavy atom. The van der Waals surface area contributed by atoms with Crippen LogP contribution in [0.4, 0.5) is 10.1 Å². The van der Waals surface area contributed by atoms with Gasteiger partial charge in [0, 0.05) is 12.6 Å². The highest BCUT2D eigenvalue weighted by atomic mass is 32.2. The van der Waals surface area contributed by atoms with Crippen LogP contribution in [0.3, 0.4) is 0 Å². The predicted octanol–water partition coefficient (Wildman–Crippen LogP) is 2.14. The fraction of sp³-hybridized carbons (Fsp3) is 0.538. The highest BCUT2D eigenvalue weighted by Crippen LogP contribution is 2.31. The second kappa shape index (κ2) is 4.76. The van der Waals surface area contributed by atoms with Crippen LogP contribution in [0.25, 0.3) is 0 Å². The maximum atomic E-state index is 13.3. The van der Waals surface area contributed by atoms with Crippen molar-refractivity contribution in [2.24, 2.45) is 5.92 Å². The van der Waals surface area contributed by atoms with Crippen molar-refractivity contribution < 1.29 is 12.8 Å². The smallest absolute Gasteiger partial charge is 0.243 e. The molecule has 0 amide bonds. The highest BCUT2D eigenvalue weighted by molar-refractivity contribution is 7.89. The minimum Gasteiger partial charge on any atom is -0.396 e. The quantitative estimate of drug-likeness (QED) is 0.847. The summed E-state index contributed by atoms with van der Waals surface area (Å²) in [6, 6.07) is 2.35. The maximum absolute atomic E-state index is 13.3. The molecule has 1 fully saturated rings. The molecule has 0 radical (unpaired) electrons. The molecule has 2 rings (SSSR count). The van der Waals surface area contributed by atoms with E-state index >= 15 is 0 Å². The van der Waals surface area contributed by atoms with Crippen LogP contribution in [-0.4, -0.2) is 25.3 Å². The number of nitrogens with two attached hydrogens (primary N) is 1. The van der Waals surface area contributed by atoms with Crippen LogP contribution in [0.2, 0.25) is 0 Å². The number of nitrogens with zero attached hydrogens (tertiary/aromatic N) is 1. The molecule has 0 aliphatic carbocycles. The van der Waals surface area contributed by atoms with Crippen molar-refractivity contribution in [1.29, 1.82) is 0 Å². The van der Waals surface area contributed by atoms with Crippen LogP contribution in [0.5, 0.6) is 0 Å². The summed E-state index contributed by atoms with van der Waals surface area (Å²) in [6.07, 6.45) is 0.842. The number of rotatable bonds is 2. The first-order chi connectivity index (χ1) is 8.73. The average Bonchev–Trinajstić information content (AvgIpc) is 2.63. The van der Waals surface area contributed by atoms with E-state index in [2.05, 4.69) is 0 Å². The molecule has 1 heterocycles. The topological polar surface area (TPSA) is 63.4 Å². The molecule has 2 atom stereocenters. The van der Waals surface area contributed by atoms with Gasteiger partial charge in [-0.25, -0.2) is 12.8 Å². The summed E-state index contributed by atoms with van der Waals surface area (Å²) in [6.45, 7) is 6.00. The van der Waals surface area contributed by atoms with Crippen LogP contribution < -0.4 is 5.73 Å². The van der Waals surface area contributed by atoms with E-state index in [9.17, 15) is 12.8 Å². The second-order valence-corrected chi connectivity index (χ2v) is 7.26. The number of benzene rings is 1. The van der Waals surface area contributed by atoms with Gasteiger partial charge in [-0.3, -0.25) is 0 Å². The second-order valence-electron chi connectivity index (χ2n) is 5.40. The Hall–Kier alpha value is -1.14. The number of hydrogen-bond acceptors (Lipinski definition) is 3. The summed E-state index contributed by atoms with van der Waals surface area (Å²) < 4.78 is 40.1. The molecule has 1 aliphatic rings. The lowest BCUT2D eigenvalue weighted by Gasteiger charge is -2.22. The molecular weight excluding hydrogens is 267 g/mol. The monoisotopic (exact) mass is 286 g/mol. The molecule has 1 aromatic rings. The molecule has 0 spiro atoms.